The van der Waals surface area contributed by atoms with E-state index in [1.165, 1.54) is 0 Å². The molecule has 0 fully saturated rings. The summed E-state index contributed by atoms with van der Waals surface area (Å²) in [6.45, 7) is 0. The van der Waals surface area contributed by atoms with Crippen LogP contribution in [0.2, 0.25) is 0 Å². The molecule has 0 saturated carbocycles. The van der Waals surface area contributed by atoms with Crippen LogP contribution in [0.4, 0.5) is 0 Å². The second-order valence-corrected chi connectivity index (χ2v) is 8.40. The molecule has 0 radical (unpaired) electrons. The Balaban J connectivity index is 3.32. The quantitative estimate of drug-likeness (QED) is 0.615. The number of ketones is 1. The molecule has 0 N–H and O–H groups in total. The molecule has 0 spiro atoms. The fourth-order valence-corrected chi connectivity index (χ4v) is 5.66. The first-order valence-corrected chi connectivity index (χ1v) is 9.13. The Hall–Kier alpha value is -0.460. The molecular weight excluding hydrogens is 276 g/mol. The van der Waals surface area contributed by atoms with Crippen molar-refractivity contribution < 1.29 is 13.2 Å². The van der Waals surface area contributed by atoms with E-state index in [0.717, 1.165) is 29.8 Å². The van der Waals surface area contributed by atoms with Crippen LogP contribution >= 0.6 is 23.5 Å². The number of rotatable bonds is 5. The third kappa shape index (κ3) is 2.69. The molecule has 1 aromatic rings. The van der Waals surface area contributed by atoms with Crippen molar-refractivity contribution in [1.82, 2.24) is 0 Å². The average Bonchev–Trinajstić information content (AvgIpc) is 2.30. The summed E-state index contributed by atoms with van der Waals surface area (Å²) in [6.07, 6.45) is 4.37. The lowest BCUT2D eigenvalue weighted by Gasteiger charge is -2.26. The van der Waals surface area contributed by atoms with Crippen molar-refractivity contribution in [3.8, 4) is 0 Å². The maximum Gasteiger partial charge on any atom is 0.225 e. The smallest absolute Gasteiger partial charge is 0.225 e. The summed E-state index contributed by atoms with van der Waals surface area (Å²) in [6, 6.07) is 8.50. The fourth-order valence-electron chi connectivity index (χ4n) is 1.51. The number of Topliss-reactive ketones (excluding diaryl/α,β-unsaturated/α-hetero) is 1. The van der Waals surface area contributed by atoms with Crippen LogP contribution in [-0.4, -0.2) is 36.4 Å². The number of thioether (sulfide) groups is 2. The van der Waals surface area contributed by atoms with Crippen molar-refractivity contribution in [1.29, 1.82) is 0 Å². The van der Waals surface area contributed by atoms with Crippen LogP contribution in [-0.2, 0) is 9.84 Å². The van der Waals surface area contributed by atoms with Crippen LogP contribution in [0.25, 0.3) is 0 Å². The highest BCUT2D eigenvalue weighted by molar-refractivity contribution is 8.32. The predicted molar refractivity (Wildman–Crippen MR) is 75.4 cm³/mol. The van der Waals surface area contributed by atoms with Gasteiger partial charge in [-0.1, -0.05) is 30.3 Å². The minimum atomic E-state index is -3.50. The Morgan fingerprint density at radius 3 is 1.94 bits per heavy atom. The van der Waals surface area contributed by atoms with Gasteiger partial charge >= 0.3 is 0 Å². The molecule has 3 nitrogen and oxygen atoms in total. The monoisotopic (exact) mass is 290 g/mol. The zero-order valence-corrected chi connectivity index (χ0v) is 12.3. The second kappa shape index (κ2) is 5.46. The standard InChI is InChI=1S/C11H14O3S3/c1-15-11(16-2,17(3,13)14)10(12)9-7-5-4-6-8-9/h4-8H,1-3H3. The molecular formula is C11H14O3S3. The number of hydrogen-bond acceptors (Lipinski definition) is 5. The van der Waals surface area contributed by atoms with E-state index in [1.54, 1.807) is 42.8 Å². The van der Waals surface area contributed by atoms with Gasteiger partial charge in [0.1, 0.15) is 0 Å². The van der Waals surface area contributed by atoms with Gasteiger partial charge in [-0.15, -0.1) is 23.5 Å². The molecule has 0 saturated heterocycles. The summed E-state index contributed by atoms with van der Waals surface area (Å²) in [5.74, 6) is -0.374. The Kier molecular flexibility index (Phi) is 4.69. The molecule has 6 heteroatoms. The molecule has 0 heterocycles. The van der Waals surface area contributed by atoms with E-state index in [1.807, 2.05) is 0 Å². The number of carbonyl (C=O) groups excluding carboxylic acids is 1. The van der Waals surface area contributed by atoms with Gasteiger partial charge in [0.2, 0.25) is 9.19 Å². The highest BCUT2D eigenvalue weighted by Gasteiger charge is 2.47. The lowest BCUT2D eigenvalue weighted by atomic mass is 10.1. The lowest BCUT2D eigenvalue weighted by Crippen LogP contribution is -2.39. The first-order chi connectivity index (χ1) is 7.89. The maximum absolute atomic E-state index is 12.4. The summed E-state index contributed by atoms with van der Waals surface area (Å²) in [5.41, 5.74) is 0.418. The molecule has 0 aliphatic rings. The van der Waals surface area contributed by atoms with Gasteiger partial charge in [0.25, 0.3) is 0 Å². The zero-order valence-electron chi connectivity index (χ0n) is 9.84. The molecule has 0 atom stereocenters. The third-order valence-corrected chi connectivity index (χ3v) is 8.76. The molecule has 94 valence electrons. The van der Waals surface area contributed by atoms with Crippen molar-refractivity contribution >= 4 is 39.1 Å². The van der Waals surface area contributed by atoms with Gasteiger partial charge in [0.15, 0.2) is 9.84 Å². The summed E-state index contributed by atoms with van der Waals surface area (Å²) < 4.78 is 22.3. The first kappa shape index (κ1) is 14.6. The SMILES string of the molecule is CSC(SC)(C(=O)c1ccccc1)S(C)(=O)=O. The van der Waals surface area contributed by atoms with Crippen molar-refractivity contribution in [2.24, 2.45) is 0 Å². The van der Waals surface area contributed by atoms with Crippen molar-refractivity contribution in [3.63, 3.8) is 0 Å². The van der Waals surface area contributed by atoms with E-state index < -0.39 is 13.2 Å². The Bertz CT molecular complexity index is 490. The number of benzene rings is 1. The normalized spacial score (nSPS) is 12.4. The van der Waals surface area contributed by atoms with Crippen molar-refractivity contribution in [3.05, 3.63) is 35.9 Å². The number of hydrogen-bond donors (Lipinski definition) is 0. The van der Waals surface area contributed by atoms with E-state index in [-0.39, 0.29) is 5.78 Å². The predicted octanol–water partition coefficient (Wildman–Crippen LogP) is 2.29. The summed E-state index contributed by atoms with van der Waals surface area (Å²) in [7, 11) is -3.50. The van der Waals surface area contributed by atoms with Gasteiger partial charge in [0, 0.05) is 11.8 Å². The van der Waals surface area contributed by atoms with E-state index in [9.17, 15) is 13.2 Å². The molecule has 0 aliphatic carbocycles. The van der Waals surface area contributed by atoms with Gasteiger partial charge in [-0.2, -0.15) is 0 Å². The second-order valence-electron chi connectivity index (χ2n) is 3.43. The third-order valence-electron chi connectivity index (χ3n) is 2.34. The molecule has 0 aliphatic heterocycles. The molecule has 17 heavy (non-hydrogen) atoms. The van der Waals surface area contributed by atoms with Crippen LogP contribution in [0.1, 0.15) is 10.4 Å². The fraction of sp³-hybridized carbons (Fsp3) is 0.364. The Morgan fingerprint density at radius 2 is 1.59 bits per heavy atom. The van der Waals surface area contributed by atoms with Crippen LogP contribution in [0.3, 0.4) is 0 Å². The minimum Gasteiger partial charge on any atom is -0.290 e. The average molecular weight is 290 g/mol. The molecule has 1 aromatic carbocycles. The van der Waals surface area contributed by atoms with Crippen LogP contribution in [0.15, 0.2) is 30.3 Å². The molecule has 0 aromatic heterocycles. The van der Waals surface area contributed by atoms with E-state index in [2.05, 4.69) is 0 Å². The number of carbonyl (C=O) groups is 1. The van der Waals surface area contributed by atoms with Gasteiger partial charge in [-0.3, -0.25) is 4.79 Å². The van der Waals surface area contributed by atoms with Gasteiger partial charge in [-0.05, 0) is 12.5 Å². The number of sulfone groups is 1. The lowest BCUT2D eigenvalue weighted by molar-refractivity contribution is 0.100. The zero-order chi connectivity index (χ0) is 13.1. The maximum atomic E-state index is 12.4. The van der Waals surface area contributed by atoms with Crippen molar-refractivity contribution in [2.75, 3.05) is 18.8 Å². The van der Waals surface area contributed by atoms with Crippen LogP contribution in [0.5, 0.6) is 0 Å². The largest absolute Gasteiger partial charge is 0.290 e. The summed E-state index contributed by atoms with van der Waals surface area (Å²) >= 11 is 2.11. The van der Waals surface area contributed by atoms with Gasteiger partial charge in [-0.25, -0.2) is 8.42 Å². The van der Waals surface area contributed by atoms with Crippen LogP contribution in [0, 0.1) is 0 Å². The molecule has 0 bridgehead atoms. The minimum absolute atomic E-state index is 0.374. The summed E-state index contributed by atoms with van der Waals surface area (Å²) in [4.78, 5) is 12.4. The topological polar surface area (TPSA) is 51.2 Å². The molecule has 0 unspecified atom stereocenters. The van der Waals surface area contributed by atoms with Gasteiger partial charge in [0.05, 0.1) is 0 Å². The van der Waals surface area contributed by atoms with Crippen molar-refractivity contribution in [2.45, 2.75) is 3.41 Å². The molecule has 1 rings (SSSR count). The highest BCUT2D eigenvalue weighted by Crippen LogP contribution is 2.41. The molecule has 0 amide bonds. The first-order valence-electron chi connectivity index (χ1n) is 4.79. The highest BCUT2D eigenvalue weighted by atomic mass is 32.3. The van der Waals surface area contributed by atoms with E-state index >= 15 is 0 Å². The van der Waals surface area contributed by atoms with Crippen LogP contribution < -0.4 is 0 Å². The van der Waals surface area contributed by atoms with E-state index in [4.69, 9.17) is 0 Å². The van der Waals surface area contributed by atoms with Gasteiger partial charge < -0.3 is 0 Å². The summed E-state index contributed by atoms with van der Waals surface area (Å²) in [5, 5.41) is 0. The van der Waals surface area contributed by atoms with E-state index in [0.29, 0.717) is 5.56 Å². The Morgan fingerprint density at radius 1 is 1.12 bits per heavy atom. The Labute approximate surface area is 110 Å².